The Hall–Kier alpha value is -1.35. The Bertz CT molecular complexity index is 604. The molecule has 1 aromatic rings. The molecule has 1 amide bonds. The van der Waals surface area contributed by atoms with Gasteiger partial charge in [0, 0.05) is 45.0 Å². The van der Waals surface area contributed by atoms with Crippen LogP contribution in [0, 0.1) is 5.41 Å². The van der Waals surface area contributed by atoms with E-state index in [1.165, 1.54) is 25.7 Å². The Morgan fingerprint density at radius 1 is 1.07 bits per heavy atom. The van der Waals surface area contributed by atoms with Crippen LogP contribution < -0.4 is 16.0 Å². The van der Waals surface area contributed by atoms with Crippen molar-refractivity contribution < 1.29 is 9.53 Å². The summed E-state index contributed by atoms with van der Waals surface area (Å²) in [6.07, 6.45) is 6.12. The van der Waals surface area contributed by atoms with E-state index in [9.17, 15) is 4.79 Å². The van der Waals surface area contributed by atoms with Gasteiger partial charge in [-0.05, 0) is 50.7 Å². The molecule has 2 rings (SSSR count). The number of rotatable bonds is 11. The Morgan fingerprint density at radius 3 is 2.41 bits per heavy atom. The van der Waals surface area contributed by atoms with Crippen LogP contribution in [0.2, 0.25) is 0 Å². The Kier molecular flexibility index (Phi) is 12.9. The van der Waals surface area contributed by atoms with Gasteiger partial charge in [-0.25, -0.2) is 0 Å². The summed E-state index contributed by atoms with van der Waals surface area (Å²) >= 11 is 0. The first-order valence-electron chi connectivity index (χ1n) is 10.6. The van der Waals surface area contributed by atoms with E-state index in [1.54, 1.807) is 0 Å². The van der Waals surface area contributed by atoms with Gasteiger partial charge in [0.25, 0.3) is 5.91 Å². The van der Waals surface area contributed by atoms with Crippen LogP contribution in [0.25, 0.3) is 0 Å². The summed E-state index contributed by atoms with van der Waals surface area (Å²) in [6.45, 7) is 8.53. The minimum atomic E-state index is -0.0508. The highest BCUT2D eigenvalue weighted by Gasteiger charge is 2.33. The van der Waals surface area contributed by atoms with Gasteiger partial charge in [-0.1, -0.05) is 31.0 Å². The standard InChI is InChI=1S/C22H36N4O2.HI/c1-3-23-21(25-16-15-24-20(27)19-10-6-5-7-11-19)26-18-22(12-8-9-13-22)14-17-28-4-2;/h5-7,10-11H,3-4,8-9,12-18H2,1-2H3,(H,24,27)(H2,23,25,26);1H. The lowest BCUT2D eigenvalue weighted by Crippen LogP contribution is -2.42. The van der Waals surface area contributed by atoms with Gasteiger partial charge in [0.1, 0.15) is 0 Å². The summed E-state index contributed by atoms with van der Waals surface area (Å²) in [5.74, 6) is 0.768. The predicted octanol–water partition coefficient (Wildman–Crippen LogP) is 3.58. The quantitative estimate of drug-likeness (QED) is 0.182. The summed E-state index contributed by atoms with van der Waals surface area (Å²) in [4.78, 5) is 16.9. The van der Waals surface area contributed by atoms with Crippen molar-refractivity contribution in [3.05, 3.63) is 35.9 Å². The van der Waals surface area contributed by atoms with E-state index in [1.807, 2.05) is 37.3 Å². The molecule has 7 heteroatoms. The third-order valence-electron chi connectivity index (χ3n) is 5.30. The van der Waals surface area contributed by atoms with Crippen molar-refractivity contribution in [2.24, 2.45) is 10.4 Å². The van der Waals surface area contributed by atoms with Crippen LogP contribution in [0.5, 0.6) is 0 Å². The fourth-order valence-electron chi connectivity index (χ4n) is 3.68. The van der Waals surface area contributed by atoms with Gasteiger partial charge in [-0.3, -0.25) is 9.79 Å². The molecular formula is C22H37IN4O2. The largest absolute Gasteiger partial charge is 0.382 e. The number of halogens is 1. The van der Waals surface area contributed by atoms with E-state index in [4.69, 9.17) is 9.73 Å². The van der Waals surface area contributed by atoms with Crippen LogP contribution in [-0.4, -0.2) is 51.3 Å². The molecule has 1 saturated carbocycles. The van der Waals surface area contributed by atoms with Crippen LogP contribution in [-0.2, 0) is 4.74 Å². The number of hydrogen-bond acceptors (Lipinski definition) is 3. The Morgan fingerprint density at radius 2 is 1.76 bits per heavy atom. The average Bonchev–Trinajstić information content (AvgIpc) is 3.19. The van der Waals surface area contributed by atoms with Crippen LogP contribution in [0.1, 0.15) is 56.3 Å². The summed E-state index contributed by atoms with van der Waals surface area (Å²) in [6, 6.07) is 9.28. The Balaban J connectivity index is 0.00000420. The molecule has 1 aliphatic carbocycles. The van der Waals surface area contributed by atoms with Gasteiger partial charge in [0.05, 0.1) is 0 Å². The minimum Gasteiger partial charge on any atom is -0.382 e. The van der Waals surface area contributed by atoms with Crippen molar-refractivity contribution in [2.75, 3.05) is 39.4 Å². The molecule has 0 radical (unpaired) electrons. The number of carbonyl (C=O) groups excluding carboxylic acids is 1. The lowest BCUT2D eigenvalue weighted by atomic mass is 9.83. The van der Waals surface area contributed by atoms with E-state index in [0.29, 0.717) is 18.7 Å². The smallest absolute Gasteiger partial charge is 0.251 e. The van der Waals surface area contributed by atoms with Crippen molar-refractivity contribution in [3.8, 4) is 0 Å². The molecular weight excluding hydrogens is 479 g/mol. The number of benzene rings is 1. The third kappa shape index (κ3) is 9.33. The lowest BCUT2D eigenvalue weighted by Gasteiger charge is -2.27. The molecule has 0 spiro atoms. The van der Waals surface area contributed by atoms with Crippen molar-refractivity contribution in [1.82, 2.24) is 16.0 Å². The van der Waals surface area contributed by atoms with Crippen molar-refractivity contribution in [1.29, 1.82) is 0 Å². The first-order valence-corrected chi connectivity index (χ1v) is 10.6. The van der Waals surface area contributed by atoms with E-state index in [-0.39, 0.29) is 35.3 Å². The molecule has 0 saturated heterocycles. The second-order valence-corrected chi connectivity index (χ2v) is 7.40. The molecule has 0 unspecified atom stereocenters. The number of nitrogens with zero attached hydrogens (tertiary/aromatic N) is 1. The van der Waals surface area contributed by atoms with Crippen LogP contribution >= 0.6 is 24.0 Å². The topological polar surface area (TPSA) is 74.8 Å². The number of nitrogens with one attached hydrogen (secondary N) is 3. The summed E-state index contributed by atoms with van der Waals surface area (Å²) in [5.41, 5.74) is 0.958. The zero-order valence-electron chi connectivity index (χ0n) is 17.8. The van der Waals surface area contributed by atoms with E-state index < -0.39 is 0 Å². The van der Waals surface area contributed by atoms with Crippen molar-refractivity contribution in [2.45, 2.75) is 46.0 Å². The molecule has 0 aliphatic heterocycles. The molecule has 164 valence electrons. The molecule has 0 atom stereocenters. The molecule has 1 aliphatic rings. The van der Waals surface area contributed by atoms with Gasteiger partial charge >= 0.3 is 0 Å². The number of aliphatic imine (C=N–C) groups is 1. The normalized spacial score (nSPS) is 15.4. The molecule has 1 aromatic carbocycles. The number of ether oxygens (including phenoxy) is 1. The number of guanidine groups is 1. The first kappa shape index (κ1) is 25.7. The number of hydrogen-bond donors (Lipinski definition) is 3. The summed E-state index contributed by atoms with van der Waals surface area (Å²) in [5, 5.41) is 9.57. The van der Waals surface area contributed by atoms with Crippen LogP contribution in [0.4, 0.5) is 0 Å². The van der Waals surface area contributed by atoms with Gasteiger partial charge < -0.3 is 20.7 Å². The highest BCUT2D eigenvalue weighted by molar-refractivity contribution is 14.0. The minimum absolute atomic E-state index is 0. The van der Waals surface area contributed by atoms with Gasteiger partial charge in [-0.2, -0.15) is 0 Å². The zero-order chi connectivity index (χ0) is 20.1. The van der Waals surface area contributed by atoms with Gasteiger partial charge in [0.15, 0.2) is 5.96 Å². The van der Waals surface area contributed by atoms with E-state index in [2.05, 4.69) is 22.9 Å². The van der Waals surface area contributed by atoms with Gasteiger partial charge in [-0.15, -0.1) is 24.0 Å². The van der Waals surface area contributed by atoms with Crippen LogP contribution in [0.15, 0.2) is 35.3 Å². The van der Waals surface area contributed by atoms with Crippen LogP contribution in [0.3, 0.4) is 0 Å². The van der Waals surface area contributed by atoms with E-state index in [0.717, 1.165) is 38.7 Å². The molecule has 1 fully saturated rings. The van der Waals surface area contributed by atoms with Crippen molar-refractivity contribution >= 4 is 35.8 Å². The monoisotopic (exact) mass is 516 g/mol. The predicted molar refractivity (Wildman–Crippen MR) is 130 cm³/mol. The number of carbonyl (C=O) groups is 1. The second kappa shape index (κ2) is 14.6. The Labute approximate surface area is 192 Å². The fourth-order valence-corrected chi connectivity index (χ4v) is 3.68. The SMILES string of the molecule is CCNC(=NCC1(CCOCC)CCCC1)NCCNC(=O)c1ccccc1.I. The molecule has 0 aromatic heterocycles. The third-order valence-corrected chi connectivity index (χ3v) is 5.30. The zero-order valence-corrected chi connectivity index (χ0v) is 20.2. The molecule has 0 bridgehead atoms. The first-order chi connectivity index (χ1) is 13.7. The summed E-state index contributed by atoms with van der Waals surface area (Å²) in [7, 11) is 0. The molecule has 29 heavy (non-hydrogen) atoms. The highest BCUT2D eigenvalue weighted by Crippen LogP contribution is 2.41. The van der Waals surface area contributed by atoms with Gasteiger partial charge in [0.2, 0.25) is 0 Å². The van der Waals surface area contributed by atoms with Crippen molar-refractivity contribution in [3.63, 3.8) is 0 Å². The number of amides is 1. The average molecular weight is 516 g/mol. The van der Waals surface area contributed by atoms with E-state index >= 15 is 0 Å². The molecule has 3 N–H and O–H groups in total. The highest BCUT2D eigenvalue weighted by atomic mass is 127. The maximum atomic E-state index is 12.1. The molecule has 6 nitrogen and oxygen atoms in total. The lowest BCUT2D eigenvalue weighted by molar-refractivity contribution is 0.0954. The maximum absolute atomic E-state index is 12.1. The second-order valence-electron chi connectivity index (χ2n) is 7.40. The molecule has 0 heterocycles. The fraction of sp³-hybridized carbons (Fsp3) is 0.636. The summed E-state index contributed by atoms with van der Waals surface area (Å²) < 4.78 is 5.59. The maximum Gasteiger partial charge on any atom is 0.251 e.